The zero-order valence-corrected chi connectivity index (χ0v) is 10.0. The fourth-order valence-corrected chi connectivity index (χ4v) is 2.83. The van der Waals surface area contributed by atoms with Gasteiger partial charge in [0.05, 0.1) is 4.90 Å². The van der Waals surface area contributed by atoms with Crippen LogP contribution in [0.4, 0.5) is 0 Å². The van der Waals surface area contributed by atoms with Crippen LogP contribution in [-0.4, -0.2) is 26.9 Å². The van der Waals surface area contributed by atoms with E-state index in [0.29, 0.717) is 12.8 Å². The molecule has 5 nitrogen and oxygen atoms in total. The Hall–Kier alpha value is -1.40. The second-order valence-electron chi connectivity index (χ2n) is 3.97. The lowest BCUT2D eigenvalue weighted by Gasteiger charge is -2.11. The number of nitrogens with one attached hydrogen (secondary N) is 2. The molecule has 1 aliphatic heterocycles. The van der Waals surface area contributed by atoms with Gasteiger partial charge in [0.25, 0.3) is 0 Å². The molecule has 17 heavy (non-hydrogen) atoms. The molecule has 1 aromatic rings. The van der Waals surface area contributed by atoms with E-state index in [1.165, 1.54) is 12.1 Å². The van der Waals surface area contributed by atoms with Crippen LogP contribution in [-0.2, 0) is 14.8 Å². The smallest absolute Gasteiger partial charge is 0.240 e. The van der Waals surface area contributed by atoms with Crippen LogP contribution in [0.1, 0.15) is 12.8 Å². The number of carbonyl (C=O) groups excluding carboxylic acids is 1. The average molecular weight is 254 g/mol. The molecule has 0 aromatic heterocycles. The van der Waals surface area contributed by atoms with Gasteiger partial charge in [-0.3, -0.25) is 4.79 Å². The molecule has 1 atom stereocenters. The van der Waals surface area contributed by atoms with Gasteiger partial charge in [0.1, 0.15) is 0 Å². The molecule has 1 saturated heterocycles. The van der Waals surface area contributed by atoms with E-state index < -0.39 is 10.0 Å². The molecule has 1 fully saturated rings. The quantitative estimate of drug-likeness (QED) is 0.808. The molecule has 92 valence electrons. The van der Waals surface area contributed by atoms with Crippen molar-refractivity contribution in [3.63, 3.8) is 0 Å². The van der Waals surface area contributed by atoms with Crippen LogP contribution in [0.2, 0.25) is 0 Å². The summed E-state index contributed by atoms with van der Waals surface area (Å²) in [5.74, 6) is -0.0195. The zero-order valence-electron chi connectivity index (χ0n) is 9.22. The molecule has 0 unspecified atom stereocenters. The third kappa shape index (κ3) is 3.04. The summed E-state index contributed by atoms with van der Waals surface area (Å²) in [7, 11) is -3.47. The molecular weight excluding hydrogens is 240 g/mol. The van der Waals surface area contributed by atoms with E-state index in [1.807, 2.05) is 0 Å². The Bertz CT molecular complexity index is 499. The monoisotopic (exact) mass is 254 g/mol. The highest BCUT2D eigenvalue weighted by molar-refractivity contribution is 7.89. The fraction of sp³-hybridized carbons (Fsp3) is 0.364. The first-order valence-electron chi connectivity index (χ1n) is 5.42. The number of rotatable bonds is 4. The maximum atomic E-state index is 11.8. The molecule has 2 N–H and O–H groups in total. The number of hydrogen-bond donors (Lipinski definition) is 2. The van der Waals surface area contributed by atoms with Crippen LogP contribution >= 0.6 is 0 Å². The van der Waals surface area contributed by atoms with Gasteiger partial charge >= 0.3 is 0 Å². The SMILES string of the molecule is O=C1CC[C@@H](CNS(=O)(=O)c2ccccc2)N1. The van der Waals surface area contributed by atoms with Crippen molar-refractivity contribution in [2.24, 2.45) is 0 Å². The topological polar surface area (TPSA) is 75.3 Å². The lowest BCUT2D eigenvalue weighted by Crippen LogP contribution is -2.38. The first-order chi connectivity index (χ1) is 8.08. The van der Waals surface area contributed by atoms with Crippen LogP contribution in [0.5, 0.6) is 0 Å². The Kier molecular flexibility index (Phi) is 3.44. The maximum absolute atomic E-state index is 11.8. The summed E-state index contributed by atoms with van der Waals surface area (Å²) in [5, 5.41) is 2.71. The van der Waals surface area contributed by atoms with Gasteiger partial charge in [-0.1, -0.05) is 18.2 Å². The van der Waals surface area contributed by atoms with Crippen LogP contribution in [0, 0.1) is 0 Å². The van der Waals surface area contributed by atoms with Crippen molar-refractivity contribution in [2.75, 3.05) is 6.54 Å². The normalized spacial score (nSPS) is 20.2. The number of hydrogen-bond acceptors (Lipinski definition) is 3. The molecule has 1 aromatic carbocycles. The lowest BCUT2D eigenvalue weighted by atomic mass is 10.2. The minimum Gasteiger partial charge on any atom is -0.352 e. The number of sulfonamides is 1. The standard InChI is InChI=1S/C11H14N2O3S/c14-11-7-6-9(13-11)8-12-17(15,16)10-4-2-1-3-5-10/h1-5,9,12H,6-8H2,(H,13,14)/t9-/m0/s1. The van der Waals surface area contributed by atoms with Crippen LogP contribution in [0.25, 0.3) is 0 Å². The van der Waals surface area contributed by atoms with Gasteiger partial charge in [0.15, 0.2) is 0 Å². The van der Waals surface area contributed by atoms with Gasteiger partial charge in [-0.15, -0.1) is 0 Å². The molecular formula is C11H14N2O3S. The van der Waals surface area contributed by atoms with Gasteiger partial charge < -0.3 is 5.32 Å². The van der Waals surface area contributed by atoms with Crippen molar-refractivity contribution >= 4 is 15.9 Å². The minimum atomic E-state index is -3.47. The van der Waals surface area contributed by atoms with Gasteiger partial charge in [-0.2, -0.15) is 0 Å². The Morgan fingerprint density at radius 1 is 1.29 bits per heavy atom. The van der Waals surface area contributed by atoms with E-state index in [-0.39, 0.29) is 23.4 Å². The highest BCUT2D eigenvalue weighted by Gasteiger charge is 2.22. The molecule has 1 aliphatic rings. The van der Waals surface area contributed by atoms with Crippen LogP contribution < -0.4 is 10.0 Å². The summed E-state index contributed by atoms with van der Waals surface area (Å²) in [6.07, 6.45) is 1.15. The third-order valence-corrected chi connectivity index (χ3v) is 4.10. The summed E-state index contributed by atoms with van der Waals surface area (Å²) >= 11 is 0. The second-order valence-corrected chi connectivity index (χ2v) is 5.74. The number of benzene rings is 1. The Balaban J connectivity index is 1.97. The first-order valence-corrected chi connectivity index (χ1v) is 6.90. The molecule has 0 saturated carbocycles. The predicted octanol–water partition coefficient (Wildman–Crippen LogP) is 0.243. The molecule has 0 bridgehead atoms. The number of amides is 1. The van der Waals surface area contributed by atoms with Crippen LogP contribution in [0.3, 0.4) is 0 Å². The summed E-state index contributed by atoms with van der Waals surface area (Å²) < 4.78 is 26.2. The summed E-state index contributed by atoms with van der Waals surface area (Å²) in [6.45, 7) is 0.239. The van der Waals surface area contributed by atoms with E-state index in [2.05, 4.69) is 10.0 Å². The highest BCUT2D eigenvalue weighted by atomic mass is 32.2. The Morgan fingerprint density at radius 3 is 2.59 bits per heavy atom. The van der Waals surface area contributed by atoms with Crippen molar-refractivity contribution in [1.29, 1.82) is 0 Å². The largest absolute Gasteiger partial charge is 0.352 e. The summed E-state index contributed by atoms with van der Waals surface area (Å²) in [5.41, 5.74) is 0. The summed E-state index contributed by atoms with van der Waals surface area (Å²) in [4.78, 5) is 11.2. The fourth-order valence-electron chi connectivity index (χ4n) is 1.72. The van der Waals surface area contributed by atoms with Crippen molar-refractivity contribution in [2.45, 2.75) is 23.8 Å². The average Bonchev–Trinajstić information content (AvgIpc) is 2.74. The van der Waals surface area contributed by atoms with E-state index in [1.54, 1.807) is 18.2 Å². The van der Waals surface area contributed by atoms with Crippen molar-refractivity contribution in [3.8, 4) is 0 Å². The van der Waals surface area contributed by atoms with Gasteiger partial charge in [0.2, 0.25) is 15.9 Å². The van der Waals surface area contributed by atoms with Crippen molar-refractivity contribution in [1.82, 2.24) is 10.0 Å². The first kappa shape index (κ1) is 12.1. The van der Waals surface area contributed by atoms with E-state index in [4.69, 9.17) is 0 Å². The molecule has 1 amide bonds. The Labute approximate surface area is 100 Å². The second kappa shape index (κ2) is 4.85. The molecule has 1 heterocycles. The Morgan fingerprint density at radius 2 is 2.00 bits per heavy atom. The molecule has 0 aliphatic carbocycles. The molecule has 2 rings (SSSR count). The van der Waals surface area contributed by atoms with Gasteiger partial charge in [0, 0.05) is 19.0 Å². The van der Waals surface area contributed by atoms with E-state index >= 15 is 0 Å². The highest BCUT2D eigenvalue weighted by Crippen LogP contribution is 2.09. The third-order valence-electron chi connectivity index (χ3n) is 2.66. The van der Waals surface area contributed by atoms with E-state index in [9.17, 15) is 13.2 Å². The van der Waals surface area contributed by atoms with Crippen molar-refractivity contribution in [3.05, 3.63) is 30.3 Å². The van der Waals surface area contributed by atoms with E-state index in [0.717, 1.165) is 0 Å². The molecule has 0 radical (unpaired) electrons. The zero-order chi connectivity index (χ0) is 12.3. The predicted molar refractivity (Wildman–Crippen MR) is 62.8 cm³/mol. The molecule has 6 heteroatoms. The minimum absolute atomic E-state index is 0.0195. The van der Waals surface area contributed by atoms with Crippen molar-refractivity contribution < 1.29 is 13.2 Å². The lowest BCUT2D eigenvalue weighted by molar-refractivity contribution is -0.119. The number of carbonyl (C=O) groups is 1. The maximum Gasteiger partial charge on any atom is 0.240 e. The summed E-state index contributed by atoms with van der Waals surface area (Å²) in [6, 6.07) is 8.08. The molecule has 0 spiro atoms. The van der Waals surface area contributed by atoms with Crippen LogP contribution in [0.15, 0.2) is 35.2 Å². The van der Waals surface area contributed by atoms with Gasteiger partial charge in [-0.25, -0.2) is 13.1 Å². The van der Waals surface area contributed by atoms with Gasteiger partial charge in [-0.05, 0) is 18.6 Å².